The fraction of sp³-hybridized carbons (Fsp3) is 0.296. The Kier molecular flexibility index (Phi) is 5.41. The van der Waals surface area contributed by atoms with Crippen molar-refractivity contribution in [1.82, 2.24) is 14.9 Å². The van der Waals surface area contributed by atoms with E-state index in [2.05, 4.69) is 10.3 Å². The summed E-state index contributed by atoms with van der Waals surface area (Å²) in [6, 6.07) is 17.9. The van der Waals surface area contributed by atoms with Gasteiger partial charge in [0.1, 0.15) is 10.8 Å². The summed E-state index contributed by atoms with van der Waals surface area (Å²) in [4.78, 5) is 37.4. The van der Waals surface area contributed by atoms with Crippen molar-refractivity contribution in [3.05, 3.63) is 70.6 Å². The predicted molar refractivity (Wildman–Crippen MR) is 135 cm³/mol. The number of benzene rings is 2. The van der Waals surface area contributed by atoms with E-state index in [-0.39, 0.29) is 24.2 Å². The highest BCUT2D eigenvalue weighted by molar-refractivity contribution is 7.17. The number of aromatic amines is 1. The van der Waals surface area contributed by atoms with Gasteiger partial charge in [-0.15, -0.1) is 11.3 Å². The third kappa shape index (κ3) is 3.90. The molecule has 0 spiro atoms. The Balaban J connectivity index is 1.26. The van der Waals surface area contributed by atoms with Crippen LogP contribution >= 0.6 is 11.3 Å². The van der Waals surface area contributed by atoms with E-state index in [1.807, 2.05) is 54.6 Å². The summed E-state index contributed by atoms with van der Waals surface area (Å²) in [5, 5.41) is 4.05. The number of fused-ring (bicyclic) bond motifs is 2. The van der Waals surface area contributed by atoms with Gasteiger partial charge in [-0.3, -0.25) is 9.59 Å². The van der Waals surface area contributed by atoms with Gasteiger partial charge in [-0.25, -0.2) is 4.98 Å². The lowest BCUT2D eigenvalue weighted by Gasteiger charge is -2.16. The second-order valence-electron chi connectivity index (χ2n) is 9.17. The highest BCUT2D eigenvalue weighted by Crippen LogP contribution is 2.44. The quantitative estimate of drug-likeness (QED) is 0.423. The summed E-state index contributed by atoms with van der Waals surface area (Å²) in [6.07, 6.45) is 4.61. The molecule has 4 aromatic rings. The third-order valence-corrected chi connectivity index (χ3v) is 8.04. The Morgan fingerprint density at radius 2 is 1.88 bits per heavy atom. The van der Waals surface area contributed by atoms with Crippen LogP contribution in [0.3, 0.4) is 0 Å². The summed E-state index contributed by atoms with van der Waals surface area (Å²) in [5.74, 6) is 0.412. The van der Waals surface area contributed by atoms with Crippen molar-refractivity contribution >= 4 is 39.2 Å². The number of para-hydroxylation sites is 2. The van der Waals surface area contributed by atoms with Gasteiger partial charge in [0.2, 0.25) is 11.8 Å². The molecule has 6 nitrogen and oxygen atoms in total. The molecule has 1 saturated heterocycles. The number of hydrogen-bond acceptors (Lipinski definition) is 4. The molecule has 1 atom stereocenters. The molecule has 2 amide bonds. The molecule has 1 unspecified atom stereocenters. The first-order valence-corrected chi connectivity index (χ1v) is 12.7. The number of anilines is 1. The average molecular weight is 471 g/mol. The first kappa shape index (κ1) is 21.1. The number of aromatic nitrogens is 2. The van der Waals surface area contributed by atoms with Crippen molar-refractivity contribution in [2.45, 2.75) is 38.6 Å². The molecule has 34 heavy (non-hydrogen) atoms. The first-order chi connectivity index (χ1) is 16.7. The minimum Gasteiger partial charge on any atom is -0.338 e. The van der Waals surface area contributed by atoms with E-state index in [1.54, 1.807) is 16.2 Å². The number of H-pyrrole nitrogens is 1. The number of carbonyl (C=O) groups is 2. The SMILES string of the molecule is O=C(Nc1sc2c(c1-c1nc3ccccc3[nH]1)CCCC2)C1CC(=O)N(Cc2ccccc2)C1. The zero-order valence-electron chi connectivity index (χ0n) is 18.8. The van der Waals surface area contributed by atoms with Crippen LogP contribution in [0.4, 0.5) is 5.00 Å². The van der Waals surface area contributed by atoms with Gasteiger partial charge in [0.25, 0.3) is 0 Å². The van der Waals surface area contributed by atoms with E-state index in [9.17, 15) is 9.59 Å². The monoisotopic (exact) mass is 470 g/mol. The van der Waals surface area contributed by atoms with Crippen molar-refractivity contribution in [2.75, 3.05) is 11.9 Å². The number of nitrogens with zero attached hydrogens (tertiary/aromatic N) is 2. The fourth-order valence-corrected chi connectivity index (χ4v) is 6.39. The van der Waals surface area contributed by atoms with Crippen LogP contribution < -0.4 is 5.32 Å². The van der Waals surface area contributed by atoms with E-state index < -0.39 is 0 Å². The zero-order valence-corrected chi connectivity index (χ0v) is 19.7. The number of nitrogens with one attached hydrogen (secondary N) is 2. The topological polar surface area (TPSA) is 78.1 Å². The number of amides is 2. The molecule has 1 fully saturated rings. The highest BCUT2D eigenvalue weighted by atomic mass is 32.1. The molecule has 2 N–H and O–H groups in total. The van der Waals surface area contributed by atoms with Crippen molar-refractivity contribution < 1.29 is 9.59 Å². The van der Waals surface area contributed by atoms with Crippen molar-refractivity contribution in [3.8, 4) is 11.4 Å². The molecular formula is C27H26N4O2S. The number of rotatable bonds is 5. The molecule has 3 heterocycles. The Morgan fingerprint density at radius 1 is 1.09 bits per heavy atom. The Morgan fingerprint density at radius 3 is 2.74 bits per heavy atom. The molecule has 2 aromatic carbocycles. The lowest BCUT2D eigenvalue weighted by Crippen LogP contribution is -2.28. The summed E-state index contributed by atoms with van der Waals surface area (Å²) >= 11 is 1.67. The number of carbonyl (C=O) groups excluding carboxylic acids is 2. The largest absolute Gasteiger partial charge is 0.338 e. The van der Waals surface area contributed by atoms with E-state index in [0.29, 0.717) is 13.1 Å². The number of likely N-dealkylation sites (tertiary alicyclic amines) is 1. The Labute approximate surface area is 202 Å². The molecule has 0 bridgehead atoms. The predicted octanol–water partition coefficient (Wildman–Crippen LogP) is 5.16. The van der Waals surface area contributed by atoms with Crippen LogP contribution in [0, 0.1) is 5.92 Å². The smallest absolute Gasteiger partial charge is 0.230 e. The van der Waals surface area contributed by atoms with Crippen molar-refractivity contribution in [3.63, 3.8) is 0 Å². The van der Waals surface area contributed by atoms with Crippen LogP contribution in [-0.2, 0) is 29.0 Å². The van der Waals surface area contributed by atoms with E-state index in [0.717, 1.165) is 52.2 Å². The third-order valence-electron chi connectivity index (χ3n) is 6.84. The molecule has 1 aliphatic heterocycles. The lowest BCUT2D eigenvalue weighted by molar-refractivity contribution is -0.128. The van der Waals surface area contributed by atoms with Crippen LogP contribution in [-0.4, -0.2) is 33.2 Å². The zero-order chi connectivity index (χ0) is 23.1. The summed E-state index contributed by atoms with van der Waals surface area (Å²) < 4.78 is 0. The molecule has 2 aromatic heterocycles. The van der Waals surface area contributed by atoms with Crippen LogP contribution in [0.15, 0.2) is 54.6 Å². The Hall–Kier alpha value is -3.45. The normalized spacial score (nSPS) is 17.8. The Bertz CT molecular complexity index is 1340. The maximum atomic E-state index is 13.3. The maximum Gasteiger partial charge on any atom is 0.230 e. The van der Waals surface area contributed by atoms with Gasteiger partial charge in [-0.2, -0.15) is 0 Å². The van der Waals surface area contributed by atoms with Crippen molar-refractivity contribution in [1.29, 1.82) is 0 Å². The van der Waals surface area contributed by atoms with Gasteiger partial charge in [0, 0.05) is 24.4 Å². The molecule has 0 radical (unpaired) electrons. The molecule has 172 valence electrons. The minimum absolute atomic E-state index is 0.0342. The van der Waals surface area contributed by atoms with E-state index in [4.69, 9.17) is 4.98 Å². The fourth-order valence-electron chi connectivity index (χ4n) is 5.09. The number of thiophene rings is 1. The van der Waals surface area contributed by atoms with E-state index >= 15 is 0 Å². The maximum absolute atomic E-state index is 13.3. The standard InChI is InChI=1S/C27H26N4O2S/c32-23-14-18(16-31(23)15-17-8-2-1-3-9-17)26(33)30-27-24(19-10-4-7-13-22(19)34-27)25-28-20-11-5-6-12-21(20)29-25/h1-3,5-6,8-9,11-12,18H,4,7,10,13-16H2,(H,28,29)(H,30,33). The molecular weight excluding hydrogens is 444 g/mol. The van der Waals surface area contributed by atoms with Crippen LogP contribution in [0.2, 0.25) is 0 Å². The molecule has 7 heteroatoms. The second kappa shape index (κ2) is 8.72. The van der Waals surface area contributed by atoms with E-state index in [1.165, 1.54) is 16.9 Å². The average Bonchev–Trinajstić information content (AvgIpc) is 3.54. The summed E-state index contributed by atoms with van der Waals surface area (Å²) in [5.41, 5.74) is 5.32. The summed E-state index contributed by atoms with van der Waals surface area (Å²) in [6.45, 7) is 0.992. The minimum atomic E-state index is -0.348. The first-order valence-electron chi connectivity index (χ1n) is 11.9. The summed E-state index contributed by atoms with van der Waals surface area (Å²) in [7, 11) is 0. The van der Waals surface area contributed by atoms with Gasteiger partial charge in [-0.1, -0.05) is 42.5 Å². The van der Waals surface area contributed by atoms with Crippen LogP contribution in [0.25, 0.3) is 22.4 Å². The van der Waals surface area contributed by atoms with Gasteiger partial charge in [-0.05, 0) is 48.9 Å². The number of hydrogen-bond donors (Lipinski definition) is 2. The van der Waals surface area contributed by atoms with Gasteiger partial charge < -0.3 is 15.2 Å². The van der Waals surface area contributed by atoms with Gasteiger partial charge in [0.05, 0.1) is 22.5 Å². The van der Waals surface area contributed by atoms with Crippen LogP contribution in [0.5, 0.6) is 0 Å². The van der Waals surface area contributed by atoms with Crippen LogP contribution in [0.1, 0.15) is 35.3 Å². The molecule has 1 aliphatic carbocycles. The van der Waals surface area contributed by atoms with Gasteiger partial charge >= 0.3 is 0 Å². The van der Waals surface area contributed by atoms with Crippen molar-refractivity contribution in [2.24, 2.45) is 5.92 Å². The van der Waals surface area contributed by atoms with Gasteiger partial charge in [0.15, 0.2) is 0 Å². The molecule has 2 aliphatic rings. The number of aryl methyl sites for hydroxylation is 1. The lowest BCUT2D eigenvalue weighted by atomic mass is 9.95. The number of imidazole rings is 1. The molecule has 6 rings (SSSR count). The molecule has 0 saturated carbocycles. The second-order valence-corrected chi connectivity index (χ2v) is 10.3. The highest BCUT2D eigenvalue weighted by Gasteiger charge is 2.35.